The highest BCUT2D eigenvalue weighted by atomic mass is 16.5. The third-order valence-electron chi connectivity index (χ3n) is 4.13. The monoisotopic (exact) mass is 436 g/mol. The van der Waals surface area contributed by atoms with Gasteiger partial charge in [0.1, 0.15) is 18.3 Å². The number of rotatable bonds is 10. The van der Waals surface area contributed by atoms with Crippen molar-refractivity contribution in [1.29, 1.82) is 0 Å². The van der Waals surface area contributed by atoms with E-state index >= 15 is 0 Å². The van der Waals surface area contributed by atoms with Crippen LogP contribution >= 0.6 is 0 Å². The molecule has 0 bridgehead atoms. The predicted molar refractivity (Wildman–Crippen MR) is 127 cm³/mol. The Morgan fingerprint density at radius 2 is 1.47 bits per heavy atom. The molecule has 6 heteroatoms. The molecule has 1 saturated heterocycles. The van der Waals surface area contributed by atoms with E-state index in [1.807, 2.05) is 6.08 Å². The van der Waals surface area contributed by atoms with Crippen molar-refractivity contribution in [2.24, 2.45) is 0 Å². The molecule has 1 aliphatic heterocycles. The molecule has 4 N–H and O–H groups in total. The van der Waals surface area contributed by atoms with E-state index in [1.54, 1.807) is 0 Å². The molecular weight excluding hydrogens is 384 g/mol. The van der Waals surface area contributed by atoms with Crippen molar-refractivity contribution < 1.29 is 30.0 Å². The Bertz CT molecular complexity index is 341. The summed E-state index contributed by atoms with van der Waals surface area (Å²) in [6.45, 7) is 13.1. The zero-order chi connectivity index (χ0) is 23.1. The van der Waals surface area contributed by atoms with Crippen LogP contribution in [0.2, 0.25) is 0 Å². The molecule has 0 unspecified atom stereocenters. The number of carbonyl (C=O) groups is 1. The van der Waals surface area contributed by atoms with Crippen LogP contribution in [0.15, 0.2) is 12.7 Å². The number of ether oxygens (including phenoxy) is 1. The topological polar surface area (TPSA) is 107 Å². The van der Waals surface area contributed by atoms with E-state index in [1.165, 1.54) is 71.1 Å². The minimum atomic E-state index is -0.944. The summed E-state index contributed by atoms with van der Waals surface area (Å²) in [6.07, 6.45) is 12.5. The number of hydrogen-bond acceptors (Lipinski definition) is 5. The molecule has 0 aliphatic carbocycles. The van der Waals surface area contributed by atoms with Crippen molar-refractivity contribution >= 4 is 5.97 Å². The quantitative estimate of drug-likeness (QED) is 0.272. The van der Waals surface area contributed by atoms with Crippen LogP contribution in [-0.4, -0.2) is 57.4 Å². The standard InChI is InChI=1S/C10H20.C6H12O4.C5H12.C2H4O2.CH4/c1-3-5-7-9-10-8-6-4-2;1-3(7)6-5(9)4(8)2-10-6;1-3-5-4-2;1-2(3)4;/h3H,1,4-10H2,2H3;3-9H,2H2,1H3;3-5H2,1-2H3;1H3,(H,3,4);1H4/t;3-,4+,5-,6-;;;/m.1.../s1. The maximum atomic E-state index is 9.09. The van der Waals surface area contributed by atoms with Gasteiger partial charge in [0.05, 0.1) is 12.7 Å². The first-order valence-electron chi connectivity index (χ1n) is 11.2. The van der Waals surface area contributed by atoms with E-state index in [4.69, 9.17) is 30.0 Å². The van der Waals surface area contributed by atoms with Crippen LogP contribution in [0.3, 0.4) is 0 Å². The van der Waals surface area contributed by atoms with Crippen LogP contribution in [0.5, 0.6) is 0 Å². The summed E-state index contributed by atoms with van der Waals surface area (Å²) in [7, 11) is 0. The molecule has 30 heavy (non-hydrogen) atoms. The SMILES string of the molecule is C.C=CCCCCCCCC.CC(=O)O.CCCCC.C[C@@H](O)[C@H]1OC[C@H](O)[C@H]1O. The van der Waals surface area contributed by atoms with E-state index in [9.17, 15) is 0 Å². The lowest BCUT2D eigenvalue weighted by Gasteiger charge is -2.16. The molecule has 1 heterocycles. The number of aliphatic hydroxyl groups excluding tert-OH is 3. The fourth-order valence-electron chi connectivity index (χ4n) is 2.47. The molecule has 0 saturated carbocycles. The van der Waals surface area contributed by atoms with Gasteiger partial charge >= 0.3 is 0 Å². The van der Waals surface area contributed by atoms with Crippen LogP contribution in [0.25, 0.3) is 0 Å². The van der Waals surface area contributed by atoms with Gasteiger partial charge in [-0.15, -0.1) is 6.58 Å². The first kappa shape index (κ1) is 36.4. The Hall–Kier alpha value is -0.950. The zero-order valence-corrected chi connectivity index (χ0v) is 19.5. The summed E-state index contributed by atoms with van der Waals surface area (Å²) in [5, 5.41) is 34.4. The lowest BCUT2D eigenvalue weighted by atomic mass is 10.1. The molecule has 0 radical (unpaired) electrons. The Morgan fingerprint density at radius 3 is 1.73 bits per heavy atom. The Morgan fingerprint density at radius 1 is 1.03 bits per heavy atom. The van der Waals surface area contributed by atoms with Gasteiger partial charge in [0.25, 0.3) is 5.97 Å². The third-order valence-corrected chi connectivity index (χ3v) is 4.13. The first-order valence-corrected chi connectivity index (χ1v) is 11.2. The predicted octanol–water partition coefficient (Wildman–Crippen LogP) is 5.33. The van der Waals surface area contributed by atoms with E-state index < -0.39 is 30.4 Å². The highest BCUT2D eigenvalue weighted by Crippen LogP contribution is 2.16. The summed E-state index contributed by atoms with van der Waals surface area (Å²) in [4.78, 5) is 9.00. The van der Waals surface area contributed by atoms with E-state index in [0.29, 0.717) is 0 Å². The van der Waals surface area contributed by atoms with Crippen molar-refractivity contribution in [2.45, 2.75) is 131 Å². The average molecular weight is 437 g/mol. The molecule has 1 aliphatic rings. The maximum absolute atomic E-state index is 9.09. The van der Waals surface area contributed by atoms with E-state index in [2.05, 4.69) is 27.4 Å². The van der Waals surface area contributed by atoms with Gasteiger partial charge in [-0.2, -0.15) is 0 Å². The van der Waals surface area contributed by atoms with Crippen LogP contribution < -0.4 is 0 Å². The van der Waals surface area contributed by atoms with Gasteiger partial charge in [-0.1, -0.05) is 85.6 Å². The molecule has 0 aromatic heterocycles. The van der Waals surface area contributed by atoms with Gasteiger partial charge < -0.3 is 25.2 Å². The number of unbranched alkanes of at least 4 members (excludes halogenated alkanes) is 8. The lowest BCUT2D eigenvalue weighted by Crippen LogP contribution is -2.36. The molecule has 0 aromatic rings. The highest BCUT2D eigenvalue weighted by molar-refractivity contribution is 5.62. The van der Waals surface area contributed by atoms with Gasteiger partial charge in [0.2, 0.25) is 0 Å². The summed E-state index contributed by atoms with van der Waals surface area (Å²) >= 11 is 0. The summed E-state index contributed by atoms with van der Waals surface area (Å²) < 4.78 is 4.89. The molecule has 1 rings (SSSR count). The van der Waals surface area contributed by atoms with Crippen molar-refractivity contribution in [1.82, 2.24) is 0 Å². The largest absolute Gasteiger partial charge is 0.481 e. The van der Waals surface area contributed by atoms with Gasteiger partial charge in [-0.25, -0.2) is 0 Å². The van der Waals surface area contributed by atoms with Crippen LogP contribution in [0.1, 0.15) is 106 Å². The molecule has 184 valence electrons. The lowest BCUT2D eigenvalue weighted by molar-refractivity contribution is -0.134. The Labute approximate surface area is 186 Å². The third kappa shape index (κ3) is 29.3. The Balaban J connectivity index is -0.000000159. The van der Waals surface area contributed by atoms with Gasteiger partial charge in [0, 0.05) is 6.92 Å². The number of allylic oxidation sites excluding steroid dienone is 1. The summed E-state index contributed by atoms with van der Waals surface area (Å²) in [6, 6.07) is 0. The van der Waals surface area contributed by atoms with Gasteiger partial charge in [-0.05, 0) is 19.8 Å². The summed E-state index contributed by atoms with van der Waals surface area (Å²) in [5.74, 6) is -0.833. The minimum absolute atomic E-state index is 0. The second kappa shape index (κ2) is 28.1. The smallest absolute Gasteiger partial charge is 0.300 e. The fourth-order valence-corrected chi connectivity index (χ4v) is 2.47. The second-order valence-corrected chi connectivity index (χ2v) is 7.31. The van der Waals surface area contributed by atoms with Crippen molar-refractivity contribution in [3.8, 4) is 0 Å². The van der Waals surface area contributed by atoms with Gasteiger partial charge in [-0.3, -0.25) is 4.79 Å². The zero-order valence-electron chi connectivity index (χ0n) is 19.5. The highest BCUT2D eigenvalue weighted by Gasteiger charge is 2.37. The summed E-state index contributed by atoms with van der Waals surface area (Å²) in [5.41, 5.74) is 0. The fraction of sp³-hybridized carbons (Fsp3) is 0.875. The Kier molecular flexibility index (Phi) is 34.1. The molecule has 1 fully saturated rings. The minimum Gasteiger partial charge on any atom is -0.481 e. The number of carboxylic acid groups (broad SMARTS) is 1. The van der Waals surface area contributed by atoms with Crippen LogP contribution in [0, 0.1) is 0 Å². The molecule has 6 nitrogen and oxygen atoms in total. The van der Waals surface area contributed by atoms with Crippen molar-refractivity contribution in [3.05, 3.63) is 12.7 Å². The van der Waals surface area contributed by atoms with E-state index in [-0.39, 0.29) is 14.0 Å². The van der Waals surface area contributed by atoms with Gasteiger partial charge in [0.15, 0.2) is 0 Å². The number of aliphatic carboxylic acids is 1. The second-order valence-electron chi connectivity index (χ2n) is 7.31. The molecule has 0 spiro atoms. The van der Waals surface area contributed by atoms with Crippen LogP contribution in [-0.2, 0) is 9.53 Å². The number of hydrogen-bond donors (Lipinski definition) is 4. The van der Waals surface area contributed by atoms with Crippen molar-refractivity contribution in [3.63, 3.8) is 0 Å². The normalized spacial score (nSPS) is 20.1. The number of aliphatic hydroxyl groups is 3. The van der Waals surface area contributed by atoms with Crippen LogP contribution in [0.4, 0.5) is 0 Å². The van der Waals surface area contributed by atoms with Crippen molar-refractivity contribution in [2.75, 3.05) is 6.61 Å². The molecule has 0 amide bonds. The average Bonchev–Trinajstić information content (AvgIpc) is 2.99. The number of carboxylic acids is 1. The maximum Gasteiger partial charge on any atom is 0.300 e. The molecule has 0 aromatic carbocycles. The first-order chi connectivity index (χ1) is 13.7. The molecule has 4 atom stereocenters. The molecular formula is C24H52O6. The van der Waals surface area contributed by atoms with E-state index in [0.717, 1.165) is 6.92 Å².